The number of hydrogen-bond donors (Lipinski definition) is 1. The molecule has 0 spiro atoms. The molecule has 0 aliphatic rings. The lowest BCUT2D eigenvalue weighted by Gasteiger charge is -2.12. The van der Waals surface area contributed by atoms with Crippen LogP contribution < -0.4 is 5.56 Å². The Labute approximate surface area is 133 Å². The summed E-state index contributed by atoms with van der Waals surface area (Å²) >= 11 is 0. The molecule has 4 heteroatoms. The largest absolute Gasteiger partial charge is 0.494 e. The summed E-state index contributed by atoms with van der Waals surface area (Å²) in [6.45, 7) is 1.94. The van der Waals surface area contributed by atoms with E-state index < -0.39 is 5.56 Å². The number of aryl methyl sites for hydroxylation is 1. The van der Waals surface area contributed by atoms with Gasteiger partial charge in [0.05, 0.1) is 5.69 Å². The maximum absolute atomic E-state index is 12.7. The predicted octanol–water partition coefficient (Wildman–Crippen LogP) is 3.39. The average Bonchev–Trinajstić information content (AvgIpc) is 2.57. The Kier molecular flexibility index (Phi) is 3.70. The second-order valence-corrected chi connectivity index (χ2v) is 5.25. The lowest BCUT2D eigenvalue weighted by molar-refractivity contribution is 0.435. The fourth-order valence-corrected chi connectivity index (χ4v) is 2.49. The lowest BCUT2D eigenvalue weighted by Crippen LogP contribution is -2.21. The zero-order valence-corrected chi connectivity index (χ0v) is 12.5. The Balaban J connectivity index is 2.28. The van der Waals surface area contributed by atoms with Crippen LogP contribution in [-0.2, 0) is 0 Å². The predicted molar refractivity (Wildman–Crippen MR) is 88.6 cm³/mol. The molecule has 23 heavy (non-hydrogen) atoms. The van der Waals surface area contributed by atoms with Crippen LogP contribution in [-0.4, -0.2) is 9.67 Å². The summed E-state index contributed by atoms with van der Waals surface area (Å²) in [4.78, 5) is 12.7. The first-order valence-corrected chi connectivity index (χ1v) is 7.13. The van der Waals surface area contributed by atoms with Crippen LogP contribution in [0.3, 0.4) is 0 Å². The van der Waals surface area contributed by atoms with E-state index in [2.05, 4.69) is 0 Å². The lowest BCUT2D eigenvalue weighted by atomic mass is 10.0. The van der Waals surface area contributed by atoms with Crippen molar-refractivity contribution in [3.63, 3.8) is 0 Å². The van der Waals surface area contributed by atoms with E-state index in [1.807, 2.05) is 43.3 Å². The van der Waals surface area contributed by atoms with Crippen molar-refractivity contribution < 1.29 is 5.11 Å². The molecule has 3 rings (SSSR count). The fraction of sp³-hybridized carbons (Fsp3) is 0.0526. The van der Waals surface area contributed by atoms with Crippen LogP contribution in [0.15, 0.2) is 65.5 Å². The highest BCUT2D eigenvalue weighted by molar-refractivity contribution is 5.71. The second kappa shape index (κ2) is 5.82. The van der Waals surface area contributed by atoms with E-state index in [4.69, 9.17) is 0 Å². The van der Waals surface area contributed by atoms with Crippen LogP contribution in [0, 0.1) is 18.3 Å². The molecular weight excluding hydrogens is 288 g/mol. The zero-order valence-electron chi connectivity index (χ0n) is 12.5. The normalized spacial score (nSPS) is 10.3. The van der Waals surface area contributed by atoms with Crippen molar-refractivity contribution in [1.29, 1.82) is 5.26 Å². The first-order valence-electron chi connectivity index (χ1n) is 7.13. The molecule has 0 fully saturated rings. The summed E-state index contributed by atoms with van der Waals surface area (Å²) in [6, 6.07) is 19.7. The molecule has 4 nitrogen and oxygen atoms in total. The number of pyridine rings is 1. The van der Waals surface area contributed by atoms with Gasteiger partial charge >= 0.3 is 0 Å². The number of nitrogens with zero attached hydrogens (tertiary/aromatic N) is 2. The number of rotatable bonds is 2. The second-order valence-electron chi connectivity index (χ2n) is 5.25. The molecule has 0 amide bonds. The first kappa shape index (κ1) is 14.6. The molecule has 1 heterocycles. The van der Waals surface area contributed by atoms with Crippen molar-refractivity contribution >= 4 is 0 Å². The summed E-state index contributed by atoms with van der Waals surface area (Å²) in [5, 5.41) is 19.8. The molecule has 0 bridgehead atoms. The SMILES string of the molecule is Cc1ccc(-n2c(O)cc(-c3ccccc3)c(C#N)c2=O)cc1. The van der Waals surface area contributed by atoms with Crippen molar-refractivity contribution in [3.05, 3.63) is 82.1 Å². The quantitative estimate of drug-likeness (QED) is 0.789. The summed E-state index contributed by atoms with van der Waals surface area (Å²) < 4.78 is 1.14. The van der Waals surface area contributed by atoms with E-state index in [-0.39, 0.29) is 11.4 Å². The van der Waals surface area contributed by atoms with E-state index in [9.17, 15) is 15.2 Å². The van der Waals surface area contributed by atoms with Crippen LogP contribution in [0.1, 0.15) is 11.1 Å². The molecule has 0 radical (unpaired) electrons. The van der Waals surface area contributed by atoms with Gasteiger partial charge in [0.15, 0.2) is 5.88 Å². The van der Waals surface area contributed by atoms with Gasteiger partial charge in [0, 0.05) is 11.6 Å². The maximum Gasteiger partial charge on any atom is 0.276 e. The van der Waals surface area contributed by atoms with Crippen molar-refractivity contribution in [1.82, 2.24) is 4.57 Å². The van der Waals surface area contributed by atoms with Gasteiger partial charge in [-0.3, -0.25) is 4.79 Å². The molecule has 0 unspecified atom stereocenters. The number of aromatic nitrogens is 1. The third-order valence-corrected chi connectivity index (χ3v) is 3.68. The van der Waals surface area contributed by atoms with Crippen LogP contribution in [0.25, 0.3) is 16.8 Å². The van der Waals surface area contributed by atoms with E-state index in [0.29, 0.717) is 16.8 Å². The Morgan fingerprint density at radius 2 is 1.70 bits per heavy atom. The number of nitriles is 1. The van der Waals surface area contributed by atoms with Crippen molar-refractivity contribution in [2.24, 2.45) is 0 Å². The van der Waals surface area contributed by atoms with E-state index >= 15 is 0 Å². The number of benzene rings is 2. The standard InChI is InChI=1S/C19H14N2O2/c1-13-7-9-15(10-8-13)21-18(22)11-16(17(12-20)19(21)23)14-5-3-2-4-6-14/h2-11,22H,1H3. The molecule has 0 atom stereocenters. The molecule has 112 valence electrons. The van der Waals surface area contributed by atoms with Gasteiger partial charge in [-0.05, 0) is 24.6 Å². The Morgan fingerprint density at radius 1 is 1.04 bits per heavy atom. The third-order valence-electron chi connectivity index (χ3n) is 3.68. The molecule has 3 aromatic rings. The summed E-state index contributed by atoms with van der Waals surface area (Å²) in [6.07, 6.45) is 0. The van der Waals surface area contributed by atoms with Gasteiger partial charge in [-0.25, -0.2) is 4.57 Å². The first-order chi connectivity index (χ1) is 11.1. The van der Waals surface area contributed by atoms with Gasteiger partial charge in [-0.1, -0.05) is 48.0 Å². The third kappa shape index (κ3) is 2.60. The van der Waals surface area contributed by atoms with Gasteiger partial charge in [-0.2, -0.15) is 5.26 Å². The van der Waals surface area contributed by atoms with Gasteiger partial charge < -0.3 is 5.11 Å². The van der Waals surface area contributed by atoms with Gasteiger partial charge in [-0.15, -0.1) is 0 Å². The van der Waals surface area contributed by atoms with Crippen LogP contribution in [0.2, 0.25) is 0 Å². The highest BCUT2D eigenvalue weighted by atomic mass is 16.3. The van der Waals surface area contributed by atoms with Gasteiger partial charge in [0.25, 0.3) is 5.56 Å². The van der Waals surface area contributed by atoms with E-state index in [0.717, 1.165) is 10.1 Å². The highest BCUT2D eigenvalue weighted by Gasteiger charge is 2.16. The monoisotopic (exact) mass is 302 g/mol. The highest BCUT2D eigenvalue weighted by Crippen LogP contribution is 2.26. The Morgan fingerprint density at radius 3 is 2.30 bits per heavy atom. The summed E-state index contributed by atoms with van der Waals surface area (Å²) in [5.41, 5.74) is 2.19. The minimum absolute atomic E-state index is 0.00887. The van der Waals surface area contributed by atoms with E-state index in [1.54, 1.807) is 24.3 Å². The van der Waals surface area contributed by atoms with Gasteiger partial charge in [0.2, 0.25) is 0 Å². The molecule has 1 aromatic heterocycles. The zero-order chi connectivity index (χ0) is 16.4. The minimum atomic E-state index is -0.532. The van der Waals surface area contributed by atoms with Gasteiger partial charge in [0.1, 0.15) is 11.6 Å². The van der Waals surface area contributed by atoms with Crippen LogP contribution in [0.4, 0.5) is 0 Å². The molecule has 0 saturated heterocycles. The topological polar surface area (TPSA) is 66.0 Å². The summed E-state index contributed by atoms with van der Waals surface area (Å²) in [5.74, 6) is -0.197. The Hall–Kier alpha value is -3.32. The average molecular weight is 302 g/mol. The maximum atomic E-state index is 12.7. The van der Waals surface area contributed by atoms with Crippen molar-refractivity contribution in [2.75, 3.05) is 0 Å². The molecule has 1 N–H and O–H groups in total. The molecule has 2 aromatic carbocycles. The molecule has 0 saturated carbocycles. The fourth-order valence-electron chi connectivity index (χ4n) is 2.49. The Bertz CT molecular complexity index is 950. The molecular formula is C19H14N2O2. The summed E-state index contributed by atoms with van der Waals surface area (Å²) in [7, 11) is 0. The van der Waals surface area contributed by atoms with Crippen molar-refractivity contribution in [2.45, 2.75) is 6.92 Å². The minimum Gasteiger partial charge on any atom is -0.494 e. The smallest absolute Gasteiger partial charge is 0.276 e. The number of hydrogen-bond acceptors (Lipinski definition) is 3. The van der Waals surface area contributed by atoms with Crippen LogP contribution in [0.5, 0.6) is 5.88 Å². The molecule has 0 aliphatic carbocycles. The number of aromatic hydroxyl groups is 1. The van der Waals surface area contributed by atoms with E-state index in [1.165, 1.54) is 6.07 Å². The van der Waals surface area contributed by atoms with Crippen LogP contribution >= 0.6 is 0 Å². The van der Waals surface area contributed by atoms with Crippen molar-refractivity contribution in [3.8, 4) is 28.8 Å². The molecule has 0 aliphatic heterocycles.